The first kappa shape index (κ1) is 16.0. The van der Waals surface area contributed by atoms with Crippen molar-refractivity contribution in [2.45, 2.75) is 44.8 Å². The fourth-order valence-corrected chi connectivity index (χ4v) is 3.34. The lowest BCUT2D eigenvalue weighted by molar-refractivity contribution is -0.126. The molecule has 2 aliphatic rings. The standard InChI is InChI=1S/C18H24N2O3/c1-12-4-6-13(7-5-12)17-14(3-2-10-23-17)11-19-18(22)15-8-9-16(21)20-15/h4-7,14-15,17H,2-3,8-11H2,1H3,(H,19,22)(H,20,21)/t14-,15-,17-/m1/s1. The van der Waals surface area contributed by atoms with Gasteiger partial charge in [0.1, 0.15) is 6.04 Å². The van der Waals surface area contributed by atoms with Crippen LogP contribution in [0.3, 0.4) is 0 Å². The van der Waals surface area contributed by atoms with Gasteiger partial charge >= 0.3 is 0 Å². The van der Waals surface area contributed by atoms with Crippen LogP contribution in [0.2, 0.25) is 0 Å². The monoisotopic (exact) mass is 316 g/mol. The zero-order valence-corrected chi connectivity index (χ0v) is 13.5. The van der Waals surface area contributed by atoms with E-state index < -0.39 is 0 Å². The Morgan fingerprint density at radius 3 is 2.78 bits per heavy atom. The molecule has 2 amide bonds. The maximum Gasteiger partial charge on any atom is 0.242 e. The summed E-state index contributed by atoms with van der Waals surface area (Å²) in [4.78, 5) is 23.4. The third-order valence-electron chi connectivity index (χ3n) is 4.70. The smallest absolute Gasteiger partial charge is 0.242 e. The Morgan fingerprint density at radius 2 is 2.09 bits per heavy atom. The van der Waals surface area contributed by atoms with Crippen molar-refractivity contribution in [1.29, 1.82) is 0 Å². The van der Waals surface area contributed by atoms with Gasteiger partial charge < -0.3 is 15.4 Å². The Bertz CT molecular complexity index is 570. The van der Waals surface area contributed by atoms with Gasteiger partial charge in [-0.25, -0.2) is 0 Å². The zero-order valence-electron chi connectivity index (χ0n) is 13.5. The van der Waals surface area contributed by atoms with Crippen molar-refractivity contribution in [3.63, 3.8) is 0 Å². The van der Waals surface area contributed by atoms with Gasteiger partial charge in [0.05, 0.1) is 6.10 Å². The molecule has 0 spiro atoms. The minimum absolute atomic E-state index is 0.0304. The largest absolute Gasteiger partial charge is 0.373 e. The predicted octanol–water partition coefficient (Wildman–Crippen LogP) is 1.86. The van der Waals surface area contributed by atoms with Gasteiger partial charge in [-0.15, -0.1) is 0 Å². The molecule has 2 saturated heterocycles. The van der Waals surface area contributed by atoms with E-state index in [0.717, 1.165) is 19.4 Å². The van der Waals surface area contributed by atoms with E-state index >= 15 is 0 Å². The number of rotatable bonds is 4. The number of carbonyl (C=O) groups excluding carboxylic acids is 2. The number of benzene rings is 1. The number of amides is 2. The summed E-state index contributed by atoms with van der Waals surface area (Å²) in [6, 6.07) is 8.03. The Kier molecular flexibility index (Phi) is 4.96. The molecule has 5 nitrogen and oxygen atoms in total. The van der Waals surface area contributed by atoms with Crippen LogP contribution in [0.4, 0.5) is 0 Å². The first-order valence-corrected chi connectivity index (χ1v) is 8.39. The average Bonchev–Trinajstić information content (AvgIpc) is 3.00. The summed E-state index contributed by atoms with van der Waals surface area (Å²) in [5.74, 6) is 0.153. The minimum Gasteiger partial charge on any atom is -0.373 e. The van der Waals surface area contributed by atoms with E-state index in [1.165, 1.54) is 11.1 Å². The van der Waals surface area contributed by atoms with Crippen LogP contribution in [0.1, 0.15) is 42.9 Å². The zero-order chi connectivity index (χ0) is 16.2. The summed E-state index contributed by atoms with van der Waals surface area (Å²) >= 11 is 0. The van der Waals surface area contributed by atoms with Crippen molar-refractivity contribution in [1.82, 2.24) is 10.6 Å². The summed E-state index contributed by atoms with van der Waals surface area (Å²) in [7, 11) is 0. The molecule has 0 saturated carbocycles. The van der Waals surface area contributed by atoms with Gasteiger partial charge in [0, 0.05) is 25.5 Å². The van der Waals surface area contributed by atoms with Gasteiger partial charge in [-0.05, 0) is 31.7 Å². The normalized spacial score (nSPS) is 27.5. The van der Waals surface area contributed by atoms with Crippen LogP contribution >= 0.6 is 0 Å². The van der Waals surface area contributed by atoms with E-state index in [1.54, 1.807) is 0 Å². The highest BCUT2D eigenvalue weighted by Crippen LogP contribution is 2.33. The summed E-state index contributed by atoms with van der Waals surface area (Å²) in [5, 5.41) is 5.70. The van der Waals surface area contributed by atoms with Crippen LogP contribution in [-0.2, 0) is 14.3 Å². The highest BCUT2D eigenvalue weighted by molar-refractivity contribution is 5.90. The van der Waals surface area contributed by atoms with E-state index in [-0.39, 0.29) is 29.9 Å². The molecule has 124 valence electrons. The second-order valence-electron chi connectivity index (χ2n) is 6.51. The van der Waals surface area contributed by atoms with E-state index in [0.29, 0.717) is 19.4 Å². The molecule has 23 heavy (non-hydrogen) atoms. The van der Waals surface area contributed by atoms with Crippen molar-refractivity contribution in [2.75, 3.05) is 13.2 Å². The van der Waals surface area contributed by atoms with Gasteiger partial charge in [0.15, 0.2) is 0 Å². The van der Waals surface area contributed by atoms with Crippen LogP contribution in [0.25, 0.3) is 0 Å². The molecule has 0 bridgehead atoms. The summed E-state index contributed by atoms with van der Waals surface area (Å²) in [6.45, 7) is 3.42. The van der Waals surface area contributed by atoms with E-state index in [2.05, 4.69) is 41.8 Å². The van der Waals surface area contributed by atoms with Gasteiger partial charge in [-0.1, -0.05) is 29.8 Å². The molecule has 0 radical (unpaired) electrons. The lowest BCUT2D eigenvalue weighted by Gasteiger charge is -2.32. The number of nitrogens with one attached hydrogen (secondary N) is 2. The number of carbonyl (C=O) groups is 2. The highest BCUT2D eigenvalue weighted by Gasteiger charge is 2.30. The molecule has 0 unspecified atom stereocenters. The van der Waals surface area contributed by atoms with E-state index in [1.807, 2.05) is 0 Å². The maximum absolute atomic E-state index is 12.2. The molecule has 2 N–H and O–H groups in total. The number of hydrogen-bond donors (Lipinski definition) is 2. The number of aryl methyl sites for hydroxylation is 1. The molecule has 2 fully saturated rings. The summed E-state index contributed by atoms with van der Waals surface area (Å²) in [5.41, 5.74) is 2.40. The average molecular weight is 316 g/mol. The Morgan fingerprint density at radius 1 is 1.30 bits per heavy atom. The molecule has 3 atom stereocenters. The van der Waals surface area contributed by atoms with E-state index in [4.69, 9.17) is 4.74 Å². The lowest BCUT2D eigenvalue weighted by atomic mass is 9.89. The molecule has 0 aromatic heterocycles. The fraction of sp³-hybridized carbons (Fsp3) is 0.556. The second-order valence-corrected chi connectivity index (χ2v) is 6.51. The molecule has 1 aromatic carbocycles. The highest BCUT2D eigenvalue weighted by atomic mass is 16.5. The first-order valence-electron chi connectivity index (χ1n) is 8.39. The van der Waals surface area contributed by atoms with E-state index in [9.17, 15) is 9.59 Å². The quantitative estimate of drug-likeness (QED) is 0.891. The van der Waals surface area contributed by atoms with Crippen molar-refractivity contribution in [3.05, 3.63) is 35.4 Å². The summed E-state index contributed by atoms with van der Waals surface area (Å²) in [6.07, 6.45) is 3.12. The van der Waals surface area contributed by atoms with Crippen LogP contribution in [-0.4, -0.2) is 31.0 Å². The molecule has 2 aliphatic heterocycles. The van der Waals surface area contributed by atoms with Crippen molar-refractivity contribution in [2.24, 2.45) is 5.92 Å². The molecule has 5 heteroatoms. The third-order valence-corrected chi connectivity index (χ3v) is 4.70. The van der Waals surface area contributed by atoms with Crippen LogP contribution in [0.15, 0.2) is 24.3 Å². The molecular formula is C18H24N2O3. The molecule has 2 heterocycles. The number of hydrogen-bond acceptors (Lipinski definition) is 3. The Hall–Kier alpha value is -1.88. The fourth-order valence-electron chi connectivity index (χ4n) is 3.34. The first-order chi connectivity index (χ1) is 11.1. The lowest BCUT2D eigenvalue weighted by Crippen LogP contribution is -2.44. The molecule has 3 rings (SSSR count). The molecular weight excluding hydrogens is 292 g/mol. The van der Waals surface area contributed by atoms with Crippen molar-refractivity contribution < 1.29 is 14.3 Å². The van der Waals surface area contributed by atoms with Crippen LogP contribution in [0, 0.1) is 12.8 Å². The SMILES string of the molecule is Cc1ccc([C@H]2OCCC[C@@H]2CNC(=O)[C@H]2CCC(=O)N2)cc1. The van der Waals surface area contributed by atoms with Crippen LogP contribution < -0.4 is 10.6 Å². The Balaban J connectivity index is 1.59. The molecule has 1 aromatic rings. The van der Waals surface area contributed by atoms with Crippen molar-refractivity contribution in [3.8, 4) is 0 Å². The predicted molar refractivity (Wildman–Crippen MR) is 86.8 cm³/mol. The number of ether oxygens (including phenoxy) is 1. The van der Waals surface area contributed by atoms with Gasteiger partial charge in [-0.2, -0.15) is 0 Å². The third kappa shape index (κ3) is 3.91. The van der Waals surface area contributed by atoms with Gasteiger partial charge in [0.25, 0.3) is 0 Å². The van der Waals surface area contributed by atoms with Crippen LogP contribution in [0.5, 0.6) is 0 Å². The summed E-state index contributed by atoms with van der Waals surface area (Å²) < 4.78 is 5.97. The minimum atomic E-state index is -0.371. The second kappa shape index (κ2) is 7.13. The Labute approximate surface area is 136 Å². The topological polar surface area (TPSA) is 67.4 Å². The van der Waals surface area contributed by atoms with Crippen molar-refractivity contribution >= 4 is 11.8 Å². The van der Waals surface area contributed by atoms with Gasteiger partial charge in [-0.3, -0.25) is 9.59 Å². The maximum atomic E-state index is 12.2. The molecule has 0 aliphatic carbocycles. The van der Waals surface area contributed by atoms with Gasteiger partial charge in [0.2, 0.25) is 11.8 Å².